The molecule has 0 aliphatic carbocycles. The van der Waals surface area contributed by atoms with E-state index in [4.69, 9.17) is 9.47 Å². The number of carbonyl (C=O) groups is 1. The van der Waals surface area contributed by atoms with E-state index in [1.54, 1.807) is 12.1 Å². The van der Waals surface area contributed by atoms with E-state index in [0.29, 0.717) is 36.2 Å². The van der Waals surface area contributed by atoms with Crippen LogP contribution in [0.5, 0.6) is 11.5 Å². The molecule has 1 amide bonds. The first kappa shape index (κ1) is 21.5. The molecule has 0 saturated heterocycles. The summed E-state index contributed by atoms with van der Waals surface area (Å²) in [4.78, 5) is 12.6. The van der Waals surface area contributed by atoms with Gasteiger partial charge in [0.05, 0.1) is 19.9 Å². The third-order valence-electron chi connectivity index (χ3n) is 3.59. The molecule has 1 N–H and O–H groups in total. The highest BCUT2D eigenvalue weighted by Gasteiger charge is 2.16. The maximum Gasteiger partial charge on any atom is 0.266 e. The van der Waals surface area contributed by atoms with Crippen molar-refractivity contribution in [2.24, 2.45) is 0 Å². The van der Waals surface area contributed by atoms with Crippen LogP contribution in [-0.2, 0) is 4.79 Å². The lowest BCUT2D eigenvalue weighted by atomic mass is 10.1. The summed E-state index contributed by atoms with van der Waals surface area (Å²) in [6.07, 6.45) is 1.48. The molecular formula is C19H15Br3N2O3. The molecule has 0 radical (unpaired) electrons. The van der Waals surface area contributed by atoms with Crippen LogP contribution in [0.1, 0.15) is 11.1 Å². The minimum Gasteiger partial charge on any atom is -0.493 e. The predicted molar refractivity (Wildman–Crippen MR) is 116 cm³/mol. The number of nitrogens with zero attached hydrogens (tertiary/aromatic N) is 1. The van der Waals surface area contributed by atoms with Crippen LogP contribution >= 0.6 is 47.8 Å². The number of nitriles is 1. The average molecular weight is 559 g/mol. The highest BCUT2D eigenvalue weighted by atomic mass is 79.9. The van der Waals surface area contributed by atoms with Gasteiger partial charge in [0.15, 0.2) is 11.5 Å². The maximum absolute atomic E-state index is 12.6. The van der Waals surface area contributed by atoms with Crippen LogP contribution in [0.15, 0.2) is 43.3 Å². The zero-order chi connectivity index (χ0) is 20.1. The van der Waals surface area contributed by atoms with Crippen molar-refractivity contribution in [2.45, 2.75) is 6.92 Å². The van der Waals surface area contributed by atoms with E-state index in [1.807, 2.05) is 25.1 Å². The Kier molecular flexibility index (Phi) is 7.48. The lowest BCUT2D eigenvalue weighted by molar-refractivity contribution is -0.112. The van der Waals surface area contributed by atoms with Gasteiger partial charge in [-0.3, -0.25) is 4.79 Å². The highest BCUT2D eigenvalue weighted by molar-refractivity contribution is 9.11. The minimum atomic E-state index is -0.524. The van der Waals surface area contributed by atoms with Gasteiger partial charge in [-0.1, -0.05) is 15.9 Å². The Bertz CT molecular complexity index is 942. The fourth-order valence-corrected chi connectivity index (χ4v) is 4.34. The number of aryl methyl sites for hydroxylation is 1. The van der Waals surface area contributed by atoms with Gasteiger partial charge in [0.1, 0.15) is 11.6 Å². The summed E-state index contributed by atoms with van der Waals surface area (Å²) >= 11 is 10.3. The van der Waals surface area contributed by atoms with Gasteiger partial charge in [-0.05, 0) is 80.3 Å². The van der Waals surface area contributed by atoms with E-state index in [0.717, 1.165) is 5.56 Å². The molecule has 0 aliphatic rings. The van der Waals surface area contributed by atoms with Crippen molar-refractivity contribution >= 4 is 65.5 Å². The molecule has 8 heteroatoms. The van der Waals surface area contributed by atoms with Crippen molar-refractivity contribution in [3.8, 4) is 17.6 Å². The molecule has 0 heterocycles. The van der Waals surface area contributed by atoms with Gasteiger partial charge in [0.2, 0.25) is 0 Å². The predicted octanol–water partition coefficient (Wildman–Crippen LogP) is 5.85. The number of anilines is 1. The van der Waals surface area contributed by atoms with Crippen molar-refractivity contribution in [1.29, 1.82) is 5.26 Å². The van der Waals surface area contributed by atoms with Gasteiger partial charge in [-0.2, -0.15) is 5.26 Å². The van der Waals surface area contributed by atoms with Crippen LogP contribution < -0.4 is 14.8 Å². The summed E-state index contributed by atoms with van der Waals surface area (Å²) in [5.41, 5.74) is 2.14. The van der Waals surface area contributed by atoms with E-state index in [2.05, 4.69) is 53.1 Å². The summed E-state index contributed by atoms with van der Waals surface area (Å²) in [7, 11) is 3.05. The third kappa shape index (κ3) is 5.12. The fourth-order valence-electron chi connectivity index (χ4n) is 2.28. The number of halogens is 3. The molecule has 140 valence electrons. The molecule has 0 spiro atoms. The molecule has 2 rings (SSSR count). The first-order valence-electron chi connectivity index (χ1n) is 7.61. The van der Waals surface area contributed by atoms with Gasteiger partial charge in [-0.25, -0.2) is 0 Å². The molecule has 0 aromatic heterocycles. The van der Waals surface area contributed by atoms with E-state index in [9.17, 15) is 10.1 Å². The van der Waals surface area contributed by atoms with Gasteiger partial charge in [0, 0.05) is 13.4 Å². The Hall–Kier alpha value is -1.82. The van der Waals surface area contributed by atoms with Crippen LogP contribution in [0, 0.1) is 18.3 Å². The van der Waals surface area contributed by atoms with Crippen LogP contribution in [-0.4, -0.2) is 20.1 Å². The second kappa shape index (κ2) is 9.40. The number of hydrogen-bond acceptors (Lipinski definition) is 4. The summed E-state index contributed by atoms with van der Waals surface area (Å²) in [5, 5.41) is 12.2. The summed E-state index contributed by atoms with van der Waals surface area (Å²) in [5.74, 6) is 0.509. The van der Waals surface area contributed by atoms with Gasteiger partial charge < -0.3 is 14.8 Å². The number of ether oxygens (including phenoxy) is 2. The average Bonchev–Trinajstić information content (AvgIpc) is 2.63. The van der Waals surface area contributed by atoms with Crippen LogP contribution in [0.3, 0.4) is 0 Å². The van der Waals surface area contributed by atoms with E-state index in [1.165, 1.54) is 20.3 Å². The maximum atomic E-state index is 12.6. The molecule has 0 saturated carbocycles. The molecular weight excluding hydrogens is 544 g/mol. The number of carbonyl (C=O) groups excluding carboxylic acids is 1. The molecule has 0 fully saturated rings. The third-order valence-corrected chi connectivity index (χ3v) is 5.53. The molecule has 2 aromatic rings. The lowest BCUT2D eigenvalue weighted by Crippen LogP contribution is -2.14. The quantitative estimate of drug-likeness (QED) is 0.369. The van der Waals surface area contributed by atoms with Crippen molar-refractivity contribution in [2.75, 3.05) is 19.5 Å². The second-order valence-electron chi connectivity index (χ2n) is 5.46. The van der Waals surface area contributed by atoms with E-state index >= 15 is 0 Å². The number of benzene rings is 2. The molecule has 0 atom stereocenters. The molecule has 0 aliphatic heterocycles. The Balaban J connectivity index is 2.40. The Morgan fingerprint density at radius 1 is 1.04 bits per heavy atom. The number of hydrogen-bond donors (Lipinski definition) is 1. The topological polar surface area (TPSA) is 71.3 Å². The Labute approximate surface area is 182 Å². The first-order chi connectivity index (χ1) is 12.8. The smallest absolute Gasteiger partial charge is 0.266 e. The summed E-state index contributed by atoms with van der Waals surface area (Å²) in [6.45, 7) is 1.94. The fraction of sp³-hybridized carbons (Fsp3) is 0.158. The summed E-state index contributed by atoms with van der Waals surface area (Å²) in [6, 6.07) is 9.09. The molecule has 27 heavy (non-hydrogen) atoms. The zero-order valence-corrected chi connectivity index (χ0v) is 19.5. The van der Waals surface area contributed by atoms with Gasteiger partial charge in [-0.15, -0.1) is 0 Å². The van der Waals surface area contributed by atoms with Crippen molar-refractivity contribution < 1.29 is 14.3 Å². The molecule has 5 nitrogen and oxygen atoms in total. The number of rotatable bonds is 5. The summed E-state index contributed by atoms with van der Waals surface area (Å²) < 4.78 is 12.6. The van der Waals surface area contributed by atoms with Crippen molar-refractivity contribution in [3.05, 3.63) is 54.4 Å². The van der Waals surface area contributed by atoms with Crippen molar-refractivity contribution in [1.82, 2.24) is 0 Å². The molecule has 0 bridgehead atoms. The SMILES string of the molecule is COc1cc(Br)c(/C=C(\C#N)C(=O)Nc2c(Br)cc(C)cc2Br)cc1OC. The van der Waals surface area contributed by atoms with Crippen molar-refractivity contribution in [3.63, 3.8) is 0 Å². The zero-order valence-electron chi connectivity index (χ0n) is 14.7. The van der Waals surface area contributed by atoms with Gasteiger partial charge in [0.25, 0.3) is 5.91 Å². The number of nitrogens with one attached hydrogen (secondary N) is 1. The second-order valence-corrected chi connectivity index (χ2v) is 8.02. The molecule has 0 unspecified atom stereocenters. The van der Waals surface area contributed by atoms with Crippen LogP contribution in [0.25, 0.3) is 6.08 Å². The largest absolute Gasteiger partial charge is 0.493 e. The number of methoxy groups -OCH3 is 2. The molecule has 2 aromatic carbocycles. The van der Waals surface area contributed by atoms with E-state index in [-0.39, 0.29) is 5.57 Å². The normalized spacial score (nSPS) is 10.9. The monoisotopic (exact) mass is 556 g/mol. The standard InChI is InChI=1S/C19H15Br3N2O3/c1-10-4-14(21)18(15(22)5-10)24-19(25)12(9-23)6-11-7-16(26-2)17(27-3)8-13(11)20/h4-8H,1-3H3,(H,24,25)/b12-6+. The Morgan fingerprint density at radius 2 is 1.59 bits per heavy atom. The van der Waals surface area contributed by atoms with Gasteiger partial charge >= 0.3 is 0 Å². The first-order valence-corrected chi connectivity index (χ1v) is 9.99. The lowest BCUT2D eigenvalue weighted by Gasteiger charge is -2.12. The number of amides is 1. The Morgan fingerprint density at radius 3 is 2.11 bits per heavy atom. The van der Waals surface area contributed by atoms with E-state index < -0.39 is 5.91 Å². The van der Waals surface area contributed by atoms with Crippen LogP contribution in [0.2, 0.25) is 0 Å². The van der Waals surface area contributed by atoms with Crippen LogP contribution in [0.4, 0.5) is 5.69 Å². The minimum absolute atomic E-state index is 0.0534. The highest BCUT2D eigenvalue weighted by Crippen LogP contribution is 2.35.